The maximum atomic E-state index is 5.99. The fourth-order valence-electron chi connectivity index (χ4n) is 2.03. The Morgan fingerprint density at radius 3 is 2.78 bits per heavy atom. The van der Waals surface area contributed by atoms with Gasteiger partial charge in [0.1, 0.15) is 6.33 Å². The molecule has 1 aromatic heterocycles. The number of halogens is 1. The standard InChI is InChI=1S/C15H11ClN2/c16-14-3-1-2-11(8-14)6-12-4-5-15-13(7-12)9-17-10-18-15/h1-5,7-10H,6H2. The highest BCUT2D eigenvalue weighted by atomic mass is 35.5. The summed E-state index contributed by atoms with van der Waals surface area (Å²) in [6.45, 7) is 0. The Morgan fingerprint density at radius 1 is 1.00 bits per heavy atom. The van der Waals surface area contributed by atoms with Gasteiger partial charge in [0.25, 0.3) is 0 Å². The van der Waals surface area contributed by atoms with Crippen molar-refractivity contribution in [2.75, 3.05) is 0 Å². The molecule has 3 rings (SSSR count). The van der Waals surface area contributed by atoms with E-state index in [2.05, 4.69) is 28.2 Å². The van der Waals surface area contributed by atoms with Gasteiger partial charge in [-0.25, -0.2) is 9.97 Å². The zero-order valence-corrected chi connectivity index (χ0v) is 10.4. The van der Waals surface area contributed by atoms with E-state index in [9.17, 15) is 0 Å². The third-order valence-electron chi connectivity index (χ3n) is 2.87. The van der Waals surface area contributed by atoms with Crippen molar-refractivity contribution in [3.8, 4) is 0 Å². The summed E-state index contributed by atoms with van der Waals surface area (Å²) in [5.74, 6) is 0. The zero-order valence-electron chi connectivity index (χ0n) is 9.68. The highest BCUT2D eigenvalue weighted by Gasteiger charge is 2.00. The van der Waals surface area contributed by atoms with Crippen LogP contribution in [0.3, 0.4) is 0 Å². The van der Waals surface area contributed by atoms with Gasteiger partial charge in [-0.15, -0.1) is 0 Å². The summed E-state index contributed by atoms with van der Waals surface area (Å²) >= 11 is 5.99. The maximum absolute atomic E-state index is 5.99. The number of aromatic nitrogens is 2. The van der Waals surface area contributed by atoms with E-state index < -0.39 is 0 Å². The molecule has 2 aromatic carbocycles. The minimum Gasteiger partial charge on any atom is -0.244 e. The topological polar surface area (TPSA) is 25.8 Å². The van der Waals surface area contributed by atoms with Crippen molar-refractivity contribution >= 4 is 22.5 Å². The van der Waals surface area contributed by atoms with Gasteiger partial charge >= 0.3 is 0 Å². The van der Waals surface area contributed by atoms with Crippen molar-refractivity contribution in [1.29, 1.82) is 0 Å². The van der Waals surface area contributed by atoms with E-state index in [4.69, 9.17) is 11.6 Å². The third-order valence-corrected chi connectivity index (χ3v) is 3.10. The first-order valence-electron chi connectivity index (χ1n) is 5.74. The summed E-state index contributed by atoms with van der Waals surface area (Å²) in [6, 6.07) is 14.2. The van der Waals surface area contributed by atoms with Crippen molar-refractivity contribution in [3.05, 3.63) is 71.1 Å². The van der Waals surface area contributed by atoms with E-state index in [1.165, 1.54) is 11.1 Å². The molecule has 88 valence electrons. The molecule has 0 N–H and O–H groups in total. The molecule has 3 aromatic rings. The number of rotatable bonds is 2. The Morgan fingerprint density at radius 2 is 1.89 bits per heavy atom. The summed E-state index contributed by atoms with van der Waals surface area (Å²) in [5, 5.41) is 1.84. The monoisotopic (exact) mass is 254 g/mol. The van der Waals surface area contributed by atoms with Gasteiger partial charge in [-0.3, -0.25) is 0 Å². The average molecular weight is 255 g/mol. The molecule has 0 unspecified atom stereocenters. The van der Waals surface area contributed by atoms with Gasteiger partial charge in [-0.05, 0) is 41.8 Å². The minimum absolute atomic E-state index is 0.775. The molecule has 0 saturated heterocycles. The summed E-state index contributed by atoms with van der Waals surface area (Å²) < 4.78 is 0. The van der Waals surface area contributed by atoms with E-state index in [1.54, 1.807) is 6.33 Å². The largest absolute Gasteiger partial charge is 0.244 e. The zero-order chi connectivity index (χ0) is 12.4. The first kappa shape index (κ1) is 11.2. The van der Waals surface area contributed by atoms with Crippen molar-refractivity contribution < 1.29 is 0 Å². The first-order valence-corrected chi connectivity index (χ1v) is 6.12. The summed E-state index contributed by atoms with van der Waals surface area (Å²) in [7, 11) is 0. The molecule has 0 aliphatic rings. The molecule has 0 aliphatic heterocycles. The van der Waals surface area contributed by atoms with Gasteiger partial charge in [-0.2, -0.15) is 0 Å². The van der Waals surface area contributed by atoms with Crippen LogP contribution in [-0.2, 0) is 6.42 Å². The van der Waals surface area contributed by atoms with Crippen LogP contribution in [-0.4, -0.2) is 9.97 Å². The first-order chi connectivity index (χ1) is 8.81. The molecule has 0 radical (unpaired) electrons. The van der Waals surface area contributed by atoms with Crippen LogP contribution in [0.2, 0.25) is 5.02 Å². The molecule has 0 amide bonds. The molecule has 0 saturated carbocycles. The van der Waals surface area contributed by atoms with Crippen LogP contribution in [0.25, 0.3) is 10.9 Å². The van der Waals surface area contributed by atoms with Crippen molar-refractivity contribution in [1.82, 2.24) is 9.97 Å². The lowest BCUT2D eigenvalue weighted by molar-refractivity contribution is 1.18. The molecule has 1 heterocycles. The second kappa shape index (κ2) is 4.75. The fraction of sp³-hybridized carbons (Fsp3) is 0.0667. The molecule has 3 heteroatoms. The summed E-state index contributed by atoms with van der Waals surface area (Å²) in [6.07, 6.45) is 4.27. The molecule has 0 atom stereocenters. The van der Waals surface area contributed by atoms with Gasteiger partial charge in [0.2, 0.25) is 0 Å². The highest BCUT2D eigenvalue weighted by Crippen LogP contribution is 2.17. The van der Waals surface area contributed by atoms with Crippen LogP contribution in [0, 0.1) is 0 Å². The fourth-order valence-corrected chi connectivity index (χ4v) is 2.24. The molecular weight excluding hydrogens is 244 g/mol. The van der Waals surface area contributed by atoms with Crippen LogP contribution in [0.5, 0.6) is 0 Å². The highest BCUT2D eigenvalue weighted by molar-refractivity contribution is 6.30. The summed E-state index contributed by atoms with van der Waals surface area (Å²) in [5.41, 5.74) is 3.41. The van der Waals surface area contributed by atoms with E-state index in [1.807, 2.05) is 30.5 Å². The molecule has 18 heavy (non-hydrogen) atoms. The SMILES string of the molecule is Clc1cccc(Cc2ccc3ncncc3c2)c1. The predicted molar refractivity (Wildman–Crippen MR) is 73.8 cm³/mol. The second-order valence-electron chi connectivity index (χ2n) is 4.22. The Hall–Kier alpha value is -1.93. The van der Waals surface area contributed by atoms with Gasteiger partial charge in [-0.1, -0.05) is 29.8 Å². The molecule has 2 nitrogen and oxygen atoms in total. The average Bonchev–Trinajstić information content (AvgIpc) is 2.39. The lowest BCUT2D eigenvalue weighted by Gasteiger charge is -2.04. The Kier molecular flexibility index (Phi) is 2.95. The van der Waals surface area contributed by atoms with E-state index in [0.29, 0.717) is 0 Å². The number of hydrogen-bond acceptors (Lipinski definition) is 2. The smallest absolute Gasteiger partial charge is 0.116 e. The van der Waals surface area contributed by atoms with Crippen LogP contribution >= 0.6 is 11.6 Å². The summed E-state index contributed by atoms with van der Waals surface area (Å²) in [4.78, 5) is 8.25. The van der Waals surface area contributed by atoms with Crippen LogP contribution < -0.4 is 0 Å². The Labute approximate surface area is 110 Å². The molecular formula is C15H11ClN2. The normalized spacial score (nSPS) is 10.7. The van der Waals surface area contributed by atoms with Crippen molar-refractivity contribution in [2.24, 2.45) is 0 Å². The third kappa shape index (κ3) is 2.34. The molecule has 0 spiro atoms. The Balaban J connectivity index is 1.95. The van der Waals surface area contributed by atoms with Gasteiger partial charge < -0.3 is 0 Å². The lowest BCUT2D eigenvalue weighted by Crippen LogP contribution is -1.89. The Bertz CT molecular complexity index is 695. The van der Waals surface area contributed by atoms with Gasteiger partial charge in [0.15, 0.2) is 0 Å². The lowest BCUT2D eigenvalue weighted by atomic mass is 10.0. The number of benzene rings is 2. The maximum Gasteiger partial charge on any atom is 0.116 e. The van der Waals surface area contributed by atoms with Crippen LogP contribution in [0.1, 0.15) is 11.1 Å². The number of nitrogens with zero attached hydrogens (tertiary/aromatic N) is 2. The molecule has 0 aliphatic carbocycles. The van der Waals surface area contributed by atoms with E-state index in [-0.39, 0.29) is 0 Å². The van der Waals surface area contributed by atoms with Gasteiger partial charge in [0, 0.05) is 16.6 Å². The molecule has 0 bridgehead atoms. The van der Waals surface area contributed by atoms with Crippen LogP contribution in [0.15, 0.2) is 55.0 Å². The van der Waals surface area contributed by atoms with Crippen LogP contribution in [0.4, 0.5) is 0 Å². The second-order valence-corrected chi connectivity index (χ2v) is 4.66. The number of fused-ring (bicyclic) bond motifs is 1. The minimum atomic E-state index is 0.775. The number of hydrogen-bond donors (Lipinski definition) is 0. The van der Waals surface area contributed by atoms with Crippen molar-refractivity contribution in [2.45, 2.75) is 6.42 Å². The molecule has 0 fully saturated rings. The van der Waals surface area contributed by atoms with Crippen molar-refractivity contribution in [3.63, 3.8) is 0 Å². The van der Waals surface area contributed by atoms with Gasteiger partial charge in [0.05, 0.1) is 5.52 Å². The quantitative estimate of drug-likeness (QED) is 0.694. The van der Waals surface area contributed by atoms with E-state index in [0.717, 1.165) is 22.3 Å². The predicted octanol–water partition coefficient (Wildman–Crippen LogP) is 3.87. The van der Waals surface area contributed by atoms with E-state index >= 15 is 0 Å².